The number of hydrogen-bond donors (Lipinski definition) is 0. The zero-order valence-electron chi connectivity index (χ0n) is 11.1. The largest absolute Gasteiger partial charge is 0.207 e. The first-order valence-corrected chi connectivity index (χ1v) is 6.51. The summed E-state index contributed by atoms with van der Waals surface area (Å²) in [5.41, 5.74) is 3.69. The Labute approximate surface area is 117 Å². The lowest BCUT2D eigenvalue weighted by atomic mass is 9.96. The molecule has 0 aliphatic heterocycles. The second-order valence-electron chi connectivity index (χ2n) is 4.77. The van der Waals surface area contributed by atoms with Crippen LogP contribution in [0.2, 0.25) is 0 Å². The highest BCUT2D eigenvalue weighted by atomic mass is 35.5. The number of hydrogen-bond acceptors (Lipinski definition) is 0. The molecule has 2 aromatic carbocycles. The Morgan fingerprint density at radius 2 is 1.58 bits per heavy atom. The van der Waals surface area contributed by atoms with Gasteiger partial charge in [-0.25, -0.2) is 8.78 Å². The minimum atomic E-state index is -0.612. The number of halogens is 3. The molecule has 1 unspecified atom stereocenters. The zero-order valence-corrected chi connectivity index (χ0v) is 11.9. The van der Waals surface area contributed by atoms with Crippen molar-refractivity contribution in [3.63, 3.8) is 0 Å². The van der Waals surface area contributed by atoms with Gasteiger partial charge in [0.05, 0.1) is 5.38 Å². The summed E-state index contributed by atoms with van der Waals surface area (Å²) in [5.74, 6) is -1.16. The van der Waals surface area contributed by atoms with E-state index in [1.807, 2.05) is 32.0 Å². The first-order valence-electron chi connectivity index (χ1n) is 6.07. The van der Waals surface area contributed by atoms with Crippen molar-refractivity contribution in [2.45, 2.75) is 26.1 Å². The van der Waals surface area contributed by atoms with E-state index in [4.69, 9.17) is 11.6 Å². The predicted molar refractivity (Wildman–Crippen MR) is 74.7 cm³/mol. The molecular formula is C16H15ClF2. The Kier molecular flexibility index (Phi) is 3.91. The van der Waals surface area contributed by atoms with Gasteiger partial charge in [0.25, 0.3) is 0 Å². The Morgan fingerprint density at radius 1 is 0.895 bits per heavy atom. The molecule has 2 aromatic rings. The molecule has 0 bridgehead atoms. The summed E-state index contributed by atoms with van der Waals surface area (Å²) in [4.78, 5) is 0. The molecule has 0 nitrogen and oxygen atoms in total. The minimum absolute atomic E-state index is 0.314. The van der Waals surface area contributed by atoms with Gasteiger partial charge in [-0.1, -0.05) is 18.2 Å². The molecule has 0 N–H and O–H groups in total. The van der Waals surface area contributed by atoms with Crippen molar-refractivity contribution in [2.24, 2.45) is 0 Å². The second-order valence-corrected chi connectivity index (χ2v) is 5.21. The summed E-state index contributed by atoms with van der Waals surface area (Å²) < 4.78 is 27.2. The smallest absolute Gasteiger partial charge is 0.131 e. The molecule has 0 aromatic heterocycles. The van der Waals surface area contributed by atoms with Gasteiger partial charge in [0.1, 0.15) is 11.6 Å². The molecular weight excluding hydrogens is 266 g/mol. The van der Waals surface area contributed by atoms with Crippen LogP contribution in [0.1, 0.15) is 33.2 Å². The third-order valence-corrected chi connectivity index (χ3v) is 3.94. The summed E-state index contributed by atoms with van der Waals surface area (Å²) in [5, 5.41) is -0.612. The van der Waals surface area contributed by atoms with Gasteiger partial charge in [-0.15, -0.1) is 11.6 Å². The lowest BCUT2D eigenvalue weighted by molar-refractivity contribution is 0.568. The Bertz CT molecular complexity index is 620. The maximum Gasteiger partial charge on any atom is 0.131 e. The third-order valence-electron chi connectivity index (χ3n) is 3.47. The summed E-state index contributed by atoms with van der Waals surface area (Å²) in [6.07, 6.45) is 0. The lowest BCUT2D eigenvalue weighted by Crippen LogP contribution is -2.02. The van der Waals surface area contributed by atoms with Crippen LogP contribution in [0.4, 0.5) is 8.78 Å². The summed E-state index contributed by atoms with van der Waals surface area (Å²) in [6.45, 7) is 5.54. The normalized spacial score (nSPS) is 12.5. The summed E-state index contributed by atoms with van der Waals surface area (Å²) >= 11 is 6.38. The van der Waals surface area contributed by atoms with Crippen molar-refractivity contribution in [1.29, 1.82) is 0 Å². The van der Waals surface area contributed by atoms with Crippen molar-refractivity contribution >= 4 is 11.6 Å². The number of benzene rings is 2. The van der Waals surface area contributed by atoms with Crippen LogP contribution in [-0.4, -0.2) is 0 Å². The van der Waals surface area contributed by atoms with Crippen LogP contribution in [0, 0.1) is 32.4 Å². The molecule has 0 aliphatic carbocycles. The minimum Gasteiger partial charge on any atom is -0.207 e. The van der Waals surface area contributed by atoms with Gasteiger partial charge in [-0.3, -0.25) is 0 Å². The highest BCUT2D eigenvalue weighted by molar-refractivity contribution is 6.22. The number of rotatable bonds is 2. The van der Waals surface area contributed by atoms with Gasteiger partial charge in [0, 0.05) is 11.6 Å². The molecule has 3 heteroatoms. The van der Waals surface area contributed by atoms with Crippen molar-refractivity contribution in [3.8, 4) is 0 Å². The van der Waals surface area contributed by atoms with Crippen molar-refractivity contribution < 1.29 is 8.78 Å². The predicted octanol–water partition coefficient (Wildman–Crippen LogP) is 5.22. The van der Waals surface area contributed by atoms with E-state index in [1.165, 1.54) is 6.07 Å². The molecule has 1 atom stereocenters. The maximum absolute atomic E-state index is 13.9. The molecule has 0 aliphatic rings. The molecule has 0 fully saturated rings. The zero-order chi connectivity index (χ0) is 14.2. The van der Waals surface area contributed by atoms with Gasteiger partial charge in [-0.2, -0.15) is 0 Å². The van der Waals surface area contributed by atoms with Gasteiger partial charge >= 0.3 is 0 Å². The standard InChI is InChI=1S/C16H15ClF2/c1-9-5-4-6-12(11(9)3)16(17)13-7-10(2)14(18)8-15(13)19/h4-8,16H,1-3H3. The van der Waals surface area contributed by atoms with E-state index in [1.54, 1.807) is 6.92 Å². The molecule has 0 spiro atoms. The third kappa shape index (κ3) is 2.64. The van der Waals surface area contributed by atoms with Gasteiger partial charge < -0.3 is 0 Å². The van der Waals surface area contributed by atoms with Crippen LogP contribution in [0.15, 0.2) is 30.3 Å². The molecule has 0 saturated carbocycles. The maximum atomic E-state index is 13.9. The molecule has 0 heterocycles. The van der Waals surface area contributed by atoms with E-state index in [0.29, 0.717) is 11.1 Å². The molecule has 100 valence electrons. The van der Waals surface area contributed by atoms with Gasteiger partial charge in [0.2, 0.25) is 0 Å². The number of aryl methyl sites for hydroxylation is 2. The van der Waals surface area contributed by atoms with E-state index >= 15 is 0 Å². The Balaban J connectivity index is 2.53. The van der Waals surface area contributed by atoms with Crippen LogP contribution in [0.25, 0.3) is 0 Å². The Morgan fingerprint density at radius 3 is 2.26 bits per heavy atom. The average Bonchev–Trinajstić information content (AvgIpc) is 2.36. The summed E-state index contributed by atoms with van der Waals surface area (Å²) in [7, 11) is 0. The molecule has 0 saturated heterocycles. The fourth-order valence-electron chi connectivity index (χ4n) is 2.09. The quantitative estimate of drug-likeness (QED) is 0.662. The average molecular weight is 281 g/mol. The van der Waals surface area contributed by atoms with Crippen LogP contribution in [0.5, 0.6) is 0 Å². The monoisotopic (exact) mass is 280 g/mol. The molecule has 0 amide bonds. The molecule has 0 radical (unpaired) electrons. The van der Waals surface area contributed by atoms with E-state index in [9.17, 15) is 8.78 Å². The summed E-state index contributed by atoms with van der Waals surface area (Å²) in [6, 6.07) is 8.11. The fraction of sp³-hybridized carbons (Fsp3) is 0.250. The van der Waals surface area contributed by atoms with Gasteiger partial charge in [0.15, 0.2) is 0 Å². The topological polar surface area (TPSA) is 0 Å². The molecule has 19 heavy (non-hydrogen) atoms. The first-order chi connectivity index (χ1) is 8.91. The fourth-order valence-corrected chi connectivity index (χ4v) is 2.49. The SMILES string of the molecule is Cc1cc(C(Cl)c2cccc(C)c2C)c(F)cc1F. The highest BCUT2D eigenvalue weighted by Crippen LogP contribution is 2.34. The molecule has 2 rings (SSSR count). The first kappa shape index (κ1) is 14.0. The van der Waals surface area contributed by atoms with Crippen LogP contribution in [0.3, 0.4) is 0 Å². The van der Waals surface area contributed by atoms with Crippen LogP contribution >= 0.6 is 11.6 Å². The van der Waals surface area contributed by atoms with Gasteiger partial charge in [-0.05, 0) is 49.1 Å². The number of alkyl halides is 1. The van der Waals surface area contributed by atoms with E-state index < -0.39 is 17.0 Å². The van der Waals surface area contributed by atoms with E-state index in [-0.39, 0.29) is 0 Å². The van der Waals surface area contributed by atoms with Crippen molar-refractivity contribution in [2.75, 3.05) is 0 Å². The highest BCUT2D eigenvalue weighted by Gasteiger charge is 2.19. The van der Waals surface area contributed by atoms with Crippen molar-refractivity contribution in [1.82, 2.24) is 0 Å². The van der Waals surface area contributed by atoms with E-state index in [2.05, 4.69) is 0 Å². The lowest BCUT2D eigenvalue weighted by Gasteiger charge is -2.16. The van der Waals surface area contributed by atoms with Crippen LogP contribution < -0.4 is 0 Å². The van der Waals surface area contributed by atoms with Crippen LogP contribution in [-0.2, 0) is 0 Å². The van der Waals surface area contributed by atoms with E-state index in [0.717, 1.165) is 22.8 Å². The van der Waals surface area contributed by atoms with Crippen molar-refractivity contribution in [3.05, 3.63) is 69.8 Å². The Hall–Kier alpha value is -1.41. The second kappa shape index (κ2) is 5.30.